The average molecular weight is 491 g/mol. The molecule has 2 heteroatoms. The highest BCUT2D eigenvalue weighted by molar-refractivity contribution is 6.12. The third kappa shape index (κ3) is 2.90. The fourth-order valence-electron chi connectivity index (χ4n) is 7.83. The van der Waals surface area contributed by atoms with Crippen LogP contribution in [0, 0.1) is 5.41 Å². The summed E-state index contributed by atoms with van der Waals surface area (Å²) in [5.41, 5.74) is 9.86. The number of rotatable bonds is 6. The maximum Gasteiger partial charge on any atom is 0.210 e. The van der Waals surface area contributed by atoms with Gasteiger partial charge in [0.2, 0.25) is 5.69 Å². The van der Waals surface area contributed by atoms with Crippen LogP contribution in [-0.4, -0.2) is 0 Å². The highest BCUT2D eigenvalue weighted by Gasteiger charge is 2.63. The van der Waals surface area contributed by atoms with Gasteiger partial charge in [-0.05, 0) is 67.2 Å². The lowest BCUT2D eigenvalue weighted by atomic mass is 9.58. The van der Waals surface area contributed by atoms with Crippen molar-refractivity contribution < 1.29 is 8.98 Å². The number of benzene rings is 2. The monoisotopic (exact) mass is 490 g/mol. The normalized spacial score (nSPS) is 23.8. The van der Waals surface area contributed by atoms with Crippen LogP contribution in [-0.2, 0) is 17.4 Å². The fraction of sp³-hybridized carbons (Fsp3) is 0.400. The number of nitrogens with zero attached hydrogens (tertiary/aromatic N) is 1. The lowest BCUT2D eigenvalue weighted by Crippen LogP contribution is -2.67. The molecule has 2 unspecified atom stereocenters. The summed E-state index contributed by atoms with van der Waals surface area (Å²) in [5.74, 6) is 0. The van der Waals surface area contributed by atoms with Gasteiger partial charge < -0.3 is 4.42 Å². The number of pyridine rings is 1. The first kappa shape index (κ1) is 24.2. The lowest BCUT2D eigenvalue weighted by molar-refractivity contribution is -0.769. The van der Waals surface area contributed by atoms with Crippen LogP contribution in [0.15, 0.2) is 71.8 Å². The average Bonchev–Trinajstić information content (AvgIpc) is 3.40. The summed E-state index contributed by atoms with van der Waals surface area (Å²) >= 11 is 0. The van der Waals surface area contributed by atoms with Gasteiger partial charge in [0, 0.05) is 45.9 Å². The molecule has 6 rings (SSSR count). The second-order valence-corrected chi connectivity index (χ2v) is 11.9. The molecule has 1 aliphatic carbocycles. The molecule has 0 radical (unpaired) electrons. The maximum absolute atomic E-state index is 6.80. The van der Waals surface area contributed by atoms with Gasteiger partial charge in [-0.25, -0.2) is 0 Å². The molecule has 2 aliphatic rings. The van der Waals surface area contributed by atoms with E-state index >= 15 is 0 Å². The molecule has 0 fully saturated rings. The molecule has 2 aromatic carbocycles. The van der Waals surface area contributed by atoms with Crippen LogP contribution >= 0.6 is 0 Å². The van der Waals surface area contributed by atoms with Crippen LogP contribution in [0.2, 0.25) is 0 Å². The van der Waals surface area contributed by atoms with Crippen LogP contribution in [0.5, 0.6) is 0 Å². The van der Waals surface area contributed by atoms with Crippen molar-refractivity contribution in [2.75, 3.05) is 0 Å². The van der Waals surface area contributed by atoms with Crippen LogP contribution in [0.1, 0.15) is 89.6 Å². The molecule has 2 aromatic heterocycles. The molecule has 2 atom stereocenters. The van der Waals surface area contributed by atoms with Crippen LogP contribution in [0.25, 0.3) is 33.1 Å². The van der Waals surface area contributed by atoms with E-state index in [0.29, 0.717) is 0 Å². The molecule has 0 saturated carbocycles. The molecule has 3 heterocycles. The zero-order valence-electron chi connectivity index (χ0n) is 23.4. The Morgan fingerprint density at radius 2 is 1.70 bits per heavy atom. The standard InChI is InChI=1S/C35H40NO/c1-8-12-15-23-17-18-24-25-19-20-26-29-31(33(5,6)30(26)32(25)37-28(24)22-23)27-16-13-14-21-36(27)35(10-3,11-4)34(29,7)9-2/h10,13-14,16-22H,3,8-9,11-12,15H2,1-2,4-7H3/q+1. The third-order valence-corrected chi connectivity index (χ3v) is 9.93. The van der Waals surface area contributed by atoms with Gasteiger partial charge in [-0.2, -0.15) is 4.57 Å². The number of hydrogen-bond donors (Lipinski definition) is 0. The van der Waals surface area contributed by atoms with E-state index in [-0.39, 0.29) is 16.4 Å². The van der Waals surface area contributed by atoms with Gasteiger partial charge in [0.05, 0.1) is 5.41 Å². The Bertz CT molecular complexity index is 1600. The quantitative estimate of drug-likeness (QED) is 0.194. The number of allylic oxidation sites excluding steroid dienone is 3. The summed E-state index contributed by atoms with van der Waals surface area (Å²) in [6, 6.07) is 18.2. The Balaban J connectivity index is 1.68. The molecule has 0 N–H and O–H groups in total. The van der Waals surface area contributed by atoms with Crippen molar-refractivity contribution in [1.82, 2.24) is 0 Å². The number of aromatic nitrogens is 1. The van der Waals surface area contributed by atoms with Crippen LogP contribution in [0.4, 0.5) is 0 Å². The van der Waals surface area contributed by atoms with Gasteiger partial charge in [-0.15, -0.1) is 0 Å². The second-order valence-electron chi connectivity index (χ2n) is 11.9. The largest absolute Gasteiger partial charge is 0.456 e. The molecule has 0 amide bonds. The molecule has 4 aromatic rings. The first-order valence-electron chi connectivity index (χ1n) is 14.2. The highest BCUT2D eigenvalue weighted by Crippen LogP contribution is 2.64. The molecule has 190 valence electrons. The molecule has 2 nitrogen and oxygen atoms in total. The van der Waals surface area contributed by atoms with E-state index in [1.165, 1.54) is 57.1 Å². The SMILES string of the molecule is C=CC1(CC)[n+]2ccccc2C2=C(c3ccc4c(oc5cc(CCCC)ccc54)c3C2(C)C)C1(C)CC. The van der Waals surface area contributed by atoms with E-state index < -0.39 is 0 Å². The topological polar surface area (TPSA) is 17.0 Å². The maximum atomic E-state index is 6.80. The number of hydrogen-bond acceptors (Lipinski definition) is 1. The lowest BCUT2D eigenvalue weighted by Gasteiger charge is -2.47. The van der Waals surface area contributed by atoms with Crippen molar-refractivity contribution >= 4 is 33.1 Å². The Morgan fingerprint density at radius 1 is 0.919 bits per heavy atom. The Hall–Kier alpha value is -3.13. The Morgan fingerprint density at radius 3 is 2.41 bits per heavy atom. The Labute approximate surface area is 221 Å². The first-order chi connectivity index (χ1) is 17.8. The van der Waals surface area contributed by atoms with E-state index in [0.717, 1.165) is 30.4 Å². The summed E-state index contributed by atoms with van der Waals surface area (Å²) in [7, 11) is 0. The number of furan rings is 1. The van der Waals surface area contributed by atoms with Gasteiger partial charge in [-0.3, -0.25) is 0 Å². The second kappa shape index (κ2) is 8.18. The van der Waals surface area contributed by atoms with Crippen molar-refractivity contribution in [2.45, 2.75) is 84.6 Å². The van der Waals surface area contributed by atoms with Crippen molar-refractivity contribution in [3.8, 4) is 0 Å². The summed E-state index contributed by atoms with van der Waals surface area (Å²) in [5, 5.41) is 2.45. The highest BCUT2D eigenvalue weighted by atomic mass is 16.3. The Kier molecular flexibility index (Phi) is 5.36. The minimum Gasteiger partial charge on any atom is -0.456 e. The molecular formula is C35H40NO+. The van der Waals surface area contributed by atoms with Gasteiger partial charge in [0.15, 0.2) is 11.7 Å². The smallest absolute Gasteiger partial charge is 0.210 e. The minimum absolute atomic E-state index is 0.104. The van der Waals surface area contributed by atoms with Crippen molar-refractivity contribution in [2.24, 2.45) is 5.41 Å². The summed E-state index contributed by atoms with van der Waals surface area (Å²) < 4.78 is 9.32. The van der Waals surface area contributed by atoms with E-state index in [2.05, 4.69) is 113 Å². The van der Waals surface area contributed by atoms with Gasteiger partial charge in [-0.1, -0.05) is 65.8 Å². The predicted molar refractivity (Wildman–Crippen MR) is 156 cm³/mol. The van der Waals surface area contributed by atoms with Crippen LogP contribution in [0.3, 0.4) is 0 Å². The van der Waals surface area contributed by atoms with Gasteiger partial charge in [0.1, 0.15) is 11.2 Å². The van der Waals surface area contributed by atoms with Gasteiger partial charge in [0.25, 0.3) is 0 Å². The van der Waals surface area contributed by atoms with Crippen molar-refractivity contribution in [3.63, 3.8) is 0 Å². The molecule has 0 bridgehead atoms. The predicted octanol–water partition coefficient (Wildman–Crippen LogP) is 9.14. The van der Waals surface area contributed by atoms with E-state index in [9.17, 15) is 0 Å². The third-order valence-electron chi connectivity index (χ3n) is 9.93. The summed E-state index contributed by atoms with van der Waals surface area (Å²) in [4.78, 5) is 0. The van der Waals surface area contributed by atoms with E-state index in [1.54, 1.807) is 0 Å². The molecule has 37 heavy (non-hydrogen) atoms. The summed E-state index contributed by atoms with van der Waals surface area (Å²) in [6.07, 6.45) is 10.0. The zero-order valence-corrected chi connectivity index (χ0v) is 23.4. The van der Waals surface area contributed by atoms with Crippen LogP contribution < -0.4 is 4.57 Å². The molecular weight excluding hydrogens is 450 g/mol. The zero-order chi connectivity index (χ0) is 26.2. The van der Waals surface area contributed by atoms with Gasteiger partial charge >= 0.3 is 0 Å². The number of unbranched alkanes of at least 4 members (excludes halogenated alkanes) is 1. The molecule has 1 aliphatic heterocycles. The van der Waals surface area contributed by atoms with E-state index in [4.69, 9.17) is 4.42 Å². The number of fused-ring (bicyclic) bond motifs is 8. The minimum atomic E-state index is -0.202. The molecule has 0 saturated heterocycles. The summed E-state index contributed by atoms with van der Waals surface area (Å²) in [6.45, 7) is 18.6. The number of aryl methyl sites for hydroxylation is 1. The van der Waals surface area contributed by atoms with Crippen molar-refractivity contribution in [1.29, 1.82) is 0 Å². The van der Waals surface area contributed by atoms with E-state index in [1.807, 2.05) is 0 Å². The van der Waals surface area contributed by atoms with Crippen molar-refractivity contribution in [3.05, 3.63) is 89.8 Å². The molecule has 0 spiro atoms. The first-order valence-corrected chi connectivity index (χ1v) is 14.2. The fourth-order valence-corrected chi connectivity index (χ4v) is 7.83.